The number of aliphatic hydroxyl groups excluding tert-OH is 1. The third-order valence-electron chi connectivity index (χ3n) is 3.60. The van der Waals surface area contributed by atoms with Crippen molar-refractivity contribution in [3.63, 3.8) is 0 Å². The Morgan fingerprint density at radius 1 is 1.18 bits per heavy atom. The number of aliphatic hydroxyl groups is 1. The summed E-state index contributed by atoms with van der Waals surface area (Å²) in [6.45, 7) is 6.29. The minimum absolute atomic E-state index is 0.0234. The Morgan fingerprint density at radius 3 is 2.50 bits per heavy atom. The molecule has 2 rings (SSSR count). The molecule has 118 valence electrons. The number of hydrogen-bond donors (Lipinski definition) is 3. The van der Waals surface area contributed by atoms with Crippen molar-refractivity contribution < 1.29 is 5.11 Å². The first-order chi connectivity index (χ1) is 10.6. The average molecular weight is 300 g/mol. The SMILES string of the molecule is CCc1cnc(Nc2ccccc2)nc1N[C@@H](CO)C(C)C. The Kier molecular flexibility index (Phi) is 5.72. The van der Waals surface area contributed by atoms with Crippen LogP contribution in [0.25, 0.3) is 0 Å². The second-order valence-electron chi connectivity index (χ2n) is 5.59. The van der Waals surface area contributed by atoms with Crippen LogP contribution in [0.5, 0.6) is 0 Å². The molecular weight excluding hydrogens is 276 g/mol. The zero-order valence-electron chi connectivity index (χ0n) is 13.4. The van der Waals surface area contributed by atoms with Gasteiger partial charge in [-0.15, -0.1) is 0 Å². The number of para-hydroxylation sites is 1. The first-order valence-electron chi connectivity index (χ1n) is 7.69. The van der Waals surface area contributed by atoms with E-state index >= 15 is 0 Å². The molecule has 0 saturated heterocycles. The van der Waals surface area contributed by atoms with Gasteiger partial charge >= 0.3 is 0 Å². The molecule has 3 N–H and O–H groups in total. The summed E-state index contributed by atoms with van der Waals surface area (Å²) < 4.78 is 0. The Balaban J connectivity index is 2.22. The van der Waals surface area contributed by atoms with Crippen LogP contribution in [0.3, 0.4) is 0 Å². The van der Waals surface area contributed by atoms with Crippen molar-refractivity contribution in [2.24, 2.45) is 5.92 Å². The minimum Gasteiger partial charge on any atom is -0.394 e. The number of aromatic nitrogens is 2. The van der Waals surface area contributed by atoms with E-state index in [-0.39, 0.29) is 12.6 Å². The molecule has 1 aromatic heterocycles. The molecule has 0 spiro atoms. The van der Waals surface area contributed by atoms with Gasteiger partial charge in [0, 0.05) is 17.4 Å². The van der Waals surface area contributed by atoms with E-state index < -0.39 is 0 Å². The standard InChI is InChI=1S/C17H24N4O/c1-4-13-10-18-17(19-14-8-6-5-7-9-14)21-16(13)20-15(11-22)12(2)3/h5-10,12,15,22H,4,11H2,1-3H3,(H2,18,19,20,21)/t15-/m0/s1. The quantitative estimate of drug-likeness (QED) is 0.732. The number of aryl methyl sites for hydroxylation is 1. The maximum absolute atomic E-state index is 9.50. The molecule has 0 saturated carbocycles. The molecule has 0 aliphatic rings. The van der Waals surface area contributed by atoms with E-state index in [2.05, 4.69) is 41.4 Å². The topological polar surface area (TPSA) is 70.1 Å². The van der Waals surface area contributed by atoms with Gasteiger partial charge in [0.05, 0.1) is 12.6 Å². The lowest BCUT2D eigenvalue weighted by atomic mass is 10.1. The van der Waals surface area contributed by atoms with Crippen LogP contribution in [0.1, 0.15) is 26.3 Å². The average Bonchev–Trinajstić information content (AvgIpc) is 2.53. The van der Waals surface area contributed by atoms with Gasteiger partial charge < -0.3 is 15.7 Å². The number of benzene rings is 1. The smallest absolute Gasteiger partial charge is 0.229 e. The summed E-state index contributed by atoms with van der Waals surface area (Å²) in [6.07, 6.45) is 2.67. The summed E-state index contributed by atoms with van der Waals surface area (Å²) in [5, 5.41) is 16.0. The molecule has 1 aromatic carbocycles. The van der Waals surface area contributed by atoms with Crippen LogP contribution < -0.4 is 10.6 Å². The Labute approximate surface area is 131 Å². The van der Waals surface area contributed by atoms with Crippen molar-refractivity contribution >= 4 is 17.5 Å². The lowest BCUT2D eigenvalue weighted by Crippen LogP contribution is -2.30. The summed E-state index contributed by atoms with van der Waals surface area (Å²) in [4.78, 5) is 8.92. The van der Waals surface area contributed by atoms with Gasteiger partial charge in [0.15, 0.2) is 0 Å². The number of nitrogens with zero attached hydrogens (tertiary/aromatic N) is 2. The van der Waals surface area contributed by atoms with Crippen molar-refractivity contribution in [1.82, 2.24) is 9.97 Å². The Morgan fingerprint density at radius 2 is 1.91 bits per heavy atom. The summed E-state index contributed by atoms with van der Waals surface area (Å²) in [5.74, 6) is 1.64. The molecule has 0 fully saturated rings. The third kappa shape index (κ3) is 4.18. The highest BCUT2D eigenvalue weighted by Gasteiger charge is 2.15. The minimum atomic E-state index is -0.0234. The summed E-state index contributed by atoms with van der Waals surface area (Å²) in [5.41, 5.74) is 1.98. The Hall–Kier alpha value is -2.14. The molecule has 1 heterocycles. The molecule has 0 radical (unpaired) electrons. The fraction of sp³-hybridized carbons (Fsp3) is 0.412. The number of nitrogens with one attached hydrogen (secondary N) is 2. The Bertz CT molecular complexity index is 586. The molecule has 0 bridgehead atoms. The second-order valence-corrected chi connectivity index (χ2v) is 5.59. The zero-order chi connectivity index (χ0) is 15.9. The van der Waals surface area contributed by atoms with Crippen LogP contribution in [0.15, 0.2) is 36.5 Å². The maximum atomic E-state index is 9.50. The van der Waals surface area contributed by atoms with Gasteiger partial charge in [-0.3, -0.25) is 0 Å². The molecule has 0 aliphatic carbocycles. The monoisotopic (exact) mass is 300 g/mol. The van der Waals surface area contributed by atoms with Crippen molar-refractivity contribution in [3.05, 3.63) is 42.1 Å². The van der Waals surface area contributed by atoms with E-state index in [4.69, 9.17) is 0 Å². The van der Waals surface area contributed by atoms with Gasteiger partial charge in [-0.25, -0.2) is 4.98 Å². The van der Waals surface area contributed by atoms with E-state index in [1.54, 1.807) is 0 Å². The molecule has 5 heteroatoms. The van der Waals surface area contributed by atoms with Gasteiger partial charge in [-0.2, -0.15) is 4.98 Å². The van der Waals surface area contributed by atoms with Crippen molar-refractivity contribution in [2.75, 3.05) is 17.2 Å². The van der Waals surface area contributed by atoms with Gasteiger partial charge in [0.1, 0.15) is 5.82 Å². The number of anilines is 3. The van der Waals surface area contributed by atoms with Crippen LogP contribution in [-0.2, 0) is 6.42 Å². The van der Waals surface area contributed by atoms with Crippen molar-refractivity contribution in [1.29, 1.82) is 0 Å². The van der Waals surface area contributed by atoms with Gasteiger partial charge in [-0.1, -0.05) is 39.0 Å². The van der Waals surface area contributed by atoms with Crippen LogP contribution in [0, 0.1) is 5.92 Å². The lowest BCUT2D eigenvalue weighted by Gasteiger charge is -2.22. The third-order valence-corrected chi connectivity index (χ3v) is 3.60. The van der Waals surface area contributed by atoms with E-state index in [1.807, 2.05) is 36.5 Å². The largest absolute Gasteiger partial charge is 0.394 e. The molecule has 2 aromatic rings. The highest BCUT2D eigenvalue weighted by molar-refractivity contribution is 5.56. The van der Waals surface area contributed by atoms with Gasteiger partial charge in [-0.05, 0) is 24.5 Å². The predicted molar refractivity (Wildman–Crippen MR) is 90.5 cm³/mol. The zero-order valence-corrected chi connectivity index (χ0v) is 13.4. The van der Waals surface area contributed by atoms with Crippen LogP contribution in [0.4, 0.5) is 17.5 Å². The lowest BCUT2D eigenvalue weighted by molar-refractivity contribution is 0.249. The first kappa shape index (κ1) is 16.2. The molecule has 22 heavy (non-hydrogen) atoms. The highest BCUT2D eigenvalue weighted by atomic mass is 16.3. The molecule has 5 nitrogen and oxygen atoms in total. The number of hydrogen-bond acceptors (Lipinski definition) is 5. The van der Waals surface area contributed by atoms with Gasteiger partial charge in [0.25, 0.3) is 0 Å². The van der Waals surface area contributed by atoms with E-state index in [9.17, 15) is 5.11 Å². The fourth-order valence-electron chi connectivity index (χ4n) is 2.10. The summed E-state index contributed by atoms with van der Waals surface area (Å²) in [6, 6.07) is 9.80. The first-order valence-corrected chi connectivity index (χ1v) is 7.69. The molecule has 0 amide bonds. The summed E-state index contributed by atoms with van der Waals surface area (Å²) in [7, 11) is 0. The highest BCUT2D eigenvalue weighted by Crippen LogP contribution is 2.20. The molecule has 1 atom stereocenters. The van der Waals surface area contributed by atoms with E-state index in [0.717, 1.165) is 23.5 Å². The molecular formula is C17H24N4O. The van der Waals surface area contributed by atoms with Crippen LogP contribution >= 0.6 is 0 Å². The van der Waals surface area contributed by atoms with Crippen molar-refractivity contribution in [2.45, 2.75) is 33.2 Å². The van der Waals surface area contributed by atoms with Crippen LogP contribution in [-0.4, -0.2) is 27.7 Å². The fourth-order valence-corrected chi connectivity index (χ4v) is 2.10. The molecule has 0 unspecified atom stereocenters. The predicted octanol–water partition coefficient (Wildman–Crippen LogP) is 3.21. The number of rotatable bonds is 7. The van der Waals surface area contributed by atoms with Crippen molar-refractivity contribution in [3.8, 4) is 0 Å². The van der Waals surface area contributed by atoms with Gasteiger partial charge in [0.2, 0.25) is 5.95 Å². The maximum Gasteiger partial charge on any atom is 0.229 e. The normalized spacial score (nSPS) is 12.2. The van der Waals surface area contributed by atoms with E-state index in [1.165, 1.54) is 0 Å². The summed E-state index contributed by atoms with van der Waals surface area (Å²) >= 11 is 0. The van der Waals surface area contributed by atoms with Crippen LogP contribution in [0.2, 0.25) is 0 Å². The second kappa shape index (κ2) is 7.75. The van der Waals surface area contributed by atoms with E-state index in [0.29, 0.717) is 11.9 Å². The molecule has 0 aliphatic heterocycles.